The largest absolute Gasteiger partial charge is 0.481 e. The van der Waals surface area contributed by atoms with Crippen molar-refractivity contribution in [1.82, 2.24) is 0 Å². The van der Waals surface area contributed by atoms with Crippen LogP contribution in [0.5, 0.6) is 0 Å². The lowest BCUT2D eigenvalue weighted by atomic mass is 9.97. The lowest BCUT2D eigenvalue weighted by molar-refractivity contribution is -0.138. The van der Waals surface area contributed by atoms with Crippen LogP contribution >= 0.6 is 0 Å². The van der Waals surface area contributed by atoms with Crippen LogP contribution in [0.1, 0.15) is 77.3 Å². The van der Waals surface area contributed by atoms with Gasteiger partial charge in [0, 0.05) is 0 Å². The second-order valence-electron chi connectivity index (χ2n) is 6.11. The van der Waals surface area contributed by atoms with E-state index < -0.39 is 11.9 Å². The maximum atomic E-state index is 10.8. The van der Waals surface area contributed by atoms with Gasteiger partial charge in [-0.25, -0.2) is 0 Å². The number of aliphatic carboxylic acids is 1. The number of rotatable bonds is 7. The third kappa shape index (κ3) is 9.28. The van der Waals surface area contributed by atoms with Crippen molar-refractivity contribution in [2.24, 2.45) is 5.92 Å². The number of unbranched alkanes of at least 4 members (excludes halogenated alkanes) is 3. The number of carbonyl (C=O) groups is 1. The lowest BCUT2D eigenvalue weighted by Gasteiger charge is -2.09. The highest BCUT2D eigenvalue weighted by Crippen LogP contribution is 2.17. The van der Waals surface area contributed by atoms with E-state index in [1.54, 1.807) is 6.92 Å². The van der Waals surface area contributed by atoms with E-state index in [4.69, 9.17) is 5.11 Å². The fraction of sp³-hybridized carbons (Fsp3) is 0.632. The van der Waals surface area contributed by atoms with E-state index in [1.165, 1.54) is 31.2 Å². The molecule has 0 fully saturated rings. The molecule has 0 aliphatic rings. The molecule has 0 heterocycles. The first-order valence-electron chi connectivity index (χ1n) is 8.23. The van der Waals surface area contributed by atoms with E-state index in [1.807, 2.05) is 24.3 Å². The molecule has 120 valence electrons. The maximum Gasteiger partial charge on any atom is 0.310 e. The van der Waals surface area contributed by atoms with Crippen molar-refractivity contribution in [3.63, 3.8) is 0 Å². The number of carboxylic acids is 1. The van der Waals surface area contributed by atoms with Crippen LogP contribution in [0.3, 0.4) is 0 Å². The predicted molar refractivity (Wildman–Crippen MR) is 90.9 cm³/mol. The van der Waals surface area contributed by atoms with Gasteiger partial charge in [0.1, 0.15) is 0 Å². The summed E-state index contributed by atoms with van der Waals surface area (Å²) in [5.74, 6) is -0.558. The molecule has 0 saturated heterocycles. The SMILES string of the molecule is CC(C)Cc1ccc(C(C)C(=O)O)cc1.CCCCCC. The molecule has 0 radical (unpaired) electrons. The molecule has 21 heavy (non-hydrogen) atoms. The first-order chi connectivity index (χ1) is 9.92. The van der Waals surface area contributed by atoms with Gasteiger partial charge < -0.3 is 5.11 Å². The Bertz CT molecular complexity index is 375. The van der Waals surface area contributed by atoms with Gasteiger partial charge in [-0.1, -0.05) is 77.6 Å². The summed E-state index contributed by atoms with van der Waals surface area (Å²) in [7, 11) is 0. The normalized spacial score (nSPS) is 11.7. The molecule has 2 heteroatoms. The Balaban J connectivity index is 0.000000567. The molecule has 2 nitrogen and oxygen atoms in total. The second kappa shape index (κ2) is 11.4. The molecule has 1 aromatic rings. The topological polar surface area (TPSA) is 37.3 Å². The van der Waals surface area contributed by atoms with E-state index in [0.717, 1.165) is 12.0 Å². The van der Waals surface area contributed by atoms with E-state index in [0.29, 0.717) is 5.92 Å². The Hall–Kier alpha value is -1.31. The molecule has 0 aromatic heterocycles. The predicted octanol–water partition coefficient (Wildman–Crippen LogP) is 5.66. The lowest BCUT2D eigenvalue weighted by Crippen LogP contribution is -2.07. The summed E-state index contributed by atoms with van der Waals surface area (Å²) < 4.78 is 0. The van der Waals surface area contributed by atoms with Crippen LogP contribution in [0.2, 0.25) is 0 Å². The monoisotopic (exact) mass is 292 g/mol. The summed E-state index contributed by atoms with van der Waals surface area (Å²) in [6, 6.07) is 7.87. The molecule has 0 spiro atoms. The molecule has 0 bridgehead atoms. The minimum absolute atomic E-state index is 0.418. The van der Waals surface area contributed by atoms with Gasteiger partial charge in [-0.2, -0.15) is 0 Å². The molecular formula is C19H32O2. The summed E-state index contributed by atoms with van der Waals surface area (Å²) in [5.41, 5.74) is 2.14. The Labute approximate surface area is 130 Å². The van der Waals surface area contributed by atoms with Crippen molar-refractivity contribution < 1.29 is 9.90 Å². The maximum absolute atomic E-state index is 10.8. The van der Waals surface area contributed by atoms with E-state index in [-0.39, 0.29) is 0 Å². The zero-order chi connectivity index (χ0) is 16.3. The van der Waals surface area contributed by atoms with Gasteiger partial charge in [0.25, 0.3) is 0 Å². The minimum Gasteiger partial charge on any atom is -0.481 e. The van der Waals surface area contributed by atoms with Crippen LogP contribution in [-0.4, -0.2) is 11.1 Å². The smallest absolute Gasteiger partial charge is 0.310 e. The number of benzene rings is 1. The Morgan fingerprint density at radius 3 is 1.81 bits per heavy atom. The van der Waals surface area contributed by atoms with Gasteiger partial charge in [-0.15, -0.1) is 0 Å². The Kier molecular flexibility index (Phi) is 10.7. The quantitative estimate of drug-likeness (QED) is 0.658. The molecule has 1 N–H and O–H groups in total. The third-order valence-electron chi connectivity index (χ3n) is 3.45. The van der Waals surface area contributed by atoms with Crippen LogP contribution in [0.15, 0.2) is 24.3 Å². The number of hydrogen-bond acceptors (Lipinski definition) is 1. The molecular weight excluding hydrogens is 260 g/mol. The van der Waals surface area contributed by atoms with Crippen molar-refractivity contribution >= 4 is 5.97 Å². The summed E-state index contributed by atoms with van der Waals surface area (Å²) in [5, 5.41) is 8.85. The van der Waals surface area contributed by atoms with Crippen molar-refractivity contribution in [3.05, 3.63) is 35.4 Å². The van der Waals surface area contributed by atoms with Crippen LogP contribution in [0.25, 0.3) is 0 Å². The number of carboxylic acid groups (broad SMARTS) is 1. The highest BCUT2D eigenvalue weighted by Gasteiger charge is 2.12. The van der Waals surface area contributed by atoms with E-state index >= 15 is 0 Å². The van der Waals surface area contributed by atoms with Crippen LogP contribution in [-0.2, 0) is 11.2 Å². The fourth-order valence-corrected chi connectivity index (χ4v) is 2.06. The first-order valence-corrected chi connectivity index (χ1v) is 8.23. The second-order valence-corrected chi connectivity index (χ2v) is 6.11. The molecule has 1 rings (SSSR count). The highest BCUT2D eigenvalue weighted by molar-refractivity contribution is 5.75. The molecule has 1 aromatic carbocycles. The summed E-state index contributed by atoms with van der Waals surface area (Å²) in [6.45, 7) is 10.5. The van der Waals surface area contributed by atoms with Gasteiger partial charge >= 0.3 is 5.97 Å². The van der Waals surface area contributed by atoms with Crippen LogP contribution in [0.4, 0.5) is 0 Å². The molecule has 0 amide bonds. The van der Waals surface area contributed by atoms with Gasteiger partial charge in [-0.05, 0) is 30.4 Å². The van der Waals surface area contributed by atoms with Crippen molar-refractivity contribution in [3.8, 4) is 0 Å². The zero-order valence-corrected chi connectivity index (χ0v) is 14.4. The standard InChI is InChI=1S/C13H18O2.C6H14/c1-9(2)8-11-4-6-12(7-5-11)10(3)13(14)15;1-3-5-6-4-2/h4-7,9-10H,8H2,1-3H3,(H,14,15);3-6H2,1-2H3. The fourth-order valence-electron chi connectivity index (χ4n) is 2.06. The Morgan fingerprint density at radius 1 is 1.00 bits per heavy atom. The molecule has 1 unspecified atom stereocenters. The molecule has 0 aliphatic heterocycles. The van der Waals surface area contributed by atoms with Gasteiger partial charge in [0.2, 0.25) is 0 Å². The van der Waals surface area contributed by atoms with E-state index in [9.17, 15) is 4.79 Å². The Morgan fingerprint density at radius 2 is 1.48 bits per heavy atom. The number of hydrogen-bond donors (Lipinski definition) is 1. The zero-order valence-electron chi connectivity index (χ0n) is 14.4. The van der Waals surface area contributed by atoms with Crippen molar-refractivity contribution in [2.45, 2.75) is 72.6 Å². The molecule has 1 atom stereocenters. The van der Waals surface area contributed by atoms with E-state index in [2.05, 4.69) is 27.7 Å². The molecule has 0 aliphatic carbocycles. The van der Waals surface area contributed by atoms with Crippen molar-refractivity contribution in [1.29, 1.82) is 0 Å². The third-order valence-corrected chi connectivity index (χ3v) is 3.45. The summed E-state index contributed by atoms with van der Waals surface area (Å²) in [6.07, 6.45) is 6.58. The highest BCUT2D eigenvalue weighted by atomic mass is 16.4. The van der Waals surface area contributed by atoms with Gasteiger partial charge in [0.15, 0.2) is 0 Å². The average Bonchev–Trinajstić information content (AvgIpc) is 2.45. The first kappa shape index (κ1) is 19.7. The van der Waals surface area contributed by atoms with Crippen LogP contribution < -0.4 is 0 Å². The van der Waals surface area contributed by atoms with Gasteiger partial charge in [-0.3, -0.25) is 4.79 Å². The molecule has 0 saturated carbocycles. The minimum atomic E-state index is -0.772. The summed E-state index contributed by atoms with van der Waals surface area (Å²) in [4.78, 5) is 10.8. The average molecular weight is 292 g/mol. The van der Waals surface area contributed by atoms with Gasteiger partial charge in [0.05, 0.1) is 5.92 Å². The van der Waals surface area contributed by atoms with Crippen LogP contribution in [0, 0.1) is 5.92 Å². The summed E-state index contributed by atoms with van der Waals surface area (Å²) >= 11 is 0. The van der Waals surface area contributed by atoms with Crippen molar-refractivity contribution in [2.75, 3.05) is 0 Å².